The van der Waals surface area contributed by atoms with Crippen molar-refractivity contribution < 1.29 is 0 Å². The van der Waals surface area contributed by atoms with Crippen LogP contribution in [0.2, 0.25) is 0 Å². The van der Waals surface area contributed by atoms with Crippen LogP contribution in [0, 0.1) is 11.3 Å². The van der Waals surface area contributed by atoms with E-state index in [4.69, 9.17) is 5.26 Å². The van der Waals surface area contributed by atoms with Crippen molar-refractivity contribution in [1.82, 2.24) is 10.3 Å². The molecule has 0 saturated heterocycles. The van der Waals surface area contributed by atoms with Crippen LogP contribution in [0.4, 0.5) is 0 Å². The molecule has 2 heterocycles. The zero-order valence-corrected chi connectivity index (χ0v) is 11.6. The van der Waals surface area contributed by atoms with Crippen LogP contribution in [0.25, 0.3) is 22.0 Å². The van der Waals surface area contributed by atoms with Gasteiger partial charge >= 0.3 is 0 Å². The average Bonchev–Trinajstić information content (AvgIpc) is 2.93. The van der Waals surface area contributed by atoms with Crippen molar-refractivity contribution in [2.45, 2.75) is 13.0 Å². The van der Waals surface area contributed by atoms with E-state index < -0.39 is 0 Å². The van der Waals surface area contributed by atoms with Crippen molar-refractivity contribution in [3.8, 4) is 17.2 Å². The number of nitriles is 1. The number of hydrogen-bond acceptors (Lipinski definition) is 2. The summed E-state index contributed by atoms with van der Waals surface area (Å²) in [5, 5.41) is 13.8. The fraction of sp³-hybridized carbons (Fsp3) is 0.167. The highest BCUT2D eigenvalue weighted by Gasteiger charge is 2.17. The summed E-state index contributed by atoms with van der Waals surface area (Å²) in [4.78, 5) is 3.53. The normalized spacial score (nSPS) is 13.9. The van der Waals surface area contributed by atoms with E-state index in [9.17, 15) is 0 Å². The predicted molar refractivity (Wildman–Crippen MR) is 83.9 cm³/mol. The third kappa shape index (κ3) is 1.93. The molecule has 0 unspecified atom stereocenters. The van der Waals surface area contributed by atoms with E-state index in [0.29, 0.717) is 5.56 Å². The Bertz CT molecular complexity index is 868. The van der Waals surface area contributed by atoms with E-state index >= 15 is 0 Å². The van der Waals surface area contributed by atoms with Gasteiger partial charge in [0.1, 0.15) is 0 Å². The smallest absolute Gasteiger partial charge is 0.0991 e. The molecule has 3 nitrogen and oxygen atoms in total. The van der Waals surface area contributed by atoms with Crippen LogP contribution in [0.3, 0.4) is 0 Å². The molecule has 102 valence electrons. The van der Waals surface area contributed by atoms with Crippen molar-refractivity contribution in [3.63, 3.8) is 0 Å². The number of H-pyrrole nitrogens is 1. The van der Waals surface area contributed by atoms with Crippen LogP contribution in [0.1, 0.15) is 16.8 Å². The van der Waals surface area contributed by atoms with Crippen LogP contribution in [0.15, 0.2) is 42.5 Å². The lowest BCUT2D eigenvalue weighted by Gasteiger charge is -2.14. The minimum absolute atomic E-state index is 0.704. The Kier molecular flexibility index (Phi) is 2.77. The minimum Gasteiger partial charge on any atom is -0.357 e. The van der Waals surface area contributed by atoms with Gasteiger partial charge in [-0.3, -0.25) is 0 Å². The molecule has 0 aliphatic carbocycles. The molecule has 2 N–H and O–H groups in total. The summed E-state index contributed by atoms with van der Waals surface area (Å²) >= 11 is 0. The lowest BCUT2D eigenvalue weighted by atomic mass is 9.95. The van der Waals surface area contributed by atoms with Gasteiger partial charge in [-0.15, -0.1) is 0 Å². The highest BCUT2D eigenvalue weighted by molar-refractivity contribution is 5.98. The van der Waals surface area contributed by atoms with Crippen LogP contribution in [-0.4, -0.2) is 11.5 Å². The second-order valence-corrected chi connectivity index (χ2v) is 5.43. The van der Waals surface area contributed by atoms with Gasteiger partial charge in [-0.25, -0.2) is 0 Å². The zero-order chi connectivity index (χ0) is 14.2. The maximum atomic E-state index is 9.11. The number of aromatic nitrogens is 1. The molecule has 3 aromatic rings. The van der Waals surface area contributed by atoms with Crippen LogP contribution < -0.4 is 5.32 Å². The molecule has 21 heavy (non-hydrogen) atoms. The van der Waals surface area contributed by atoms with E-state index in [-0.39, 0.29) is 0 Å². The van der Waals surface area contributed by atoms with Gasteiger partial charge in [-0.1, -0.05) is 24.3 Å². The van der Waals surface area contributed by atoms with E-state index in [1.165, 1.54) is 27.7 Å². The Morgan fingerprint density at radius 2 is 2.00 bits per heavy atom. The molecule has 0 fully saturated rings. The number of aromatic amines is 1. The first kappa shape index (κ1) is 12.2. The molecule has 1 aromatic heterocycles. The lowest BCUT2D eigenvalue weighted by Crippen LogP contribution is -2.23. The quantitative estimate of drug-likeness (QED) is 0.714. The molecule has 1 aliphatic rings. The van der Waals surface area contributed by atoms with Gasteiger partial charge in [0.2, 0.25) is 0 Å². The first-order chi connectivity index (χ1) is 10.4. The number of rotatable bonds is 1. The van der Waals surface area contributed by atoms with Crippen molar-refractivity contribution >= 4 is 10.9 Å². The van der Waals surface area contributed by atoms with Crippen molar-refractivity contribution in [2.24, 2.45) is 0 Å². The number of nitrogens with zero attached hydrogens (tertiary/aromatic N) is 1. The Morgan fingerprint density at radius 3 is 2.90 bits per heavy atom. The third-order valence-electron chi connectivity index (χ3n) is 4.17. The summed E-state index contributed by atoms with van der Waals surface area (Å²) in [6.45, 7) is 1.92. The predicted octanol–water partition coefficient (Wildman–Crippen LogP) is 3.35. The molecule has 0 atom stereocenters. The van der Waals surface area contributed by atoms with Crippen molar-refractivity contribution in [3.05, 3.63) is 59.3 Å². The summed E-state index contributed by atoms with van der Waals surface area (Å²) in [5.41, 5.74) is 6.92. The van der Waals surface area contributed by atoms with Crippen LogP contribution >= 0.6 is 0 Å². The monoisotopic (exact) mass is 273 g/mol. The summed E-state index contributed by atoms with van der Waals surface area (Å²) in [6, 6.07) is 16.4. The molecule has 0 saturated carbocycles. The second kappa shape index (κ2) is 4.76. The molecule has 0 spiro atoms. The standard InChI is InChI=1S/C18H15N3/c19-10-12-3-1-4-13(9-12)14-5-2-6-16-18(14)15-7-8-20-11-17(15)21-16/h1-6,9,20-21H,7-8,11H2. The largest absolute Gasteiger partial charge is 0.357 e. The van der Waals surface area contributed by atoms with Gasteiger partial charge in [0, 0.05) is 23.1 Å². The topological polar surface area (TPSA) is 51.6 Å². The first-order valence-electron chi connectivity index (χ1n) is 7.20. The Hall–Kier alpha value is -2.57. The van der Waals surface area contributed by atoms with E-state index in [1.807, 2.05) is 18.2 Å². The van der Waals surface area contributed by atoms with E-state index in [1.54, 1.807) is 0 Å². The molecule has 4 rings (SSSR count). The summed E-state index contributed by atoms with van der Waals surface area (Å²) in [7, 11) is 0. The maximum absolute atomic E-state index is 9.11. The molecular formula is C18H15N3. The number of fused-ring (bicyclic) bond motifs is 3. The Balaban J connectivity index is 2.00. The molecule has 0 radical (unpaired) electrons. The highest BCUT2D eigenvalue weighted by atomic mass is 14.9. The van der Waals surface area contributed by atoms with Crippen LogP contribution in [-0.2, 0) is 13.0 Å². The van der Waals surface area contributed by atoms with Gasteiger partial charge in [-0.2, -0.15) is 5.26 Å². The molecule has 2 aromatic carbocycles. The number of nitrogens with one attached hydrogen (secondary N) is 2. The number of hydrogen-bond donors (Lipinski definition) is 2. The lowest BCUT2D eigenvalue weighted by molar-refractivity contribution is 0.637. The molecule has 0 bridgehead atoms. The van der Waals surface area contributed by atoms with Gasteiger partial charge < -0.3 is 10.3 Å². The maximum Gasteiger partial charge on any atom is 0.0991 e. The number of benzene rings is 2. The van der Waals surface area contributed by atoms with Gasteiger partial charge in [0.25, 0.3) is 0 Å². The summed E-state index contributed by atoms with van der Waals surface area (Å²) in [5.74, 6) is 0. The molecule has 1 aliphatic heterocycles. The van der Waals surface area contributed by atoms with Crippen LogP contribution in [0.5, 0.6) is 0 Å². The van der Waals surface area contributed by atoms with E-state index in [2.05, 4.69) is 40.6 Å². The minimum atomic E-state index is 0.704. The van der Waals surface area contributed by atoms with Gasteiger partial charge in [-0.05, 0) is 47.9 Å². The third-order valence-corrected chi connectivity index (χ3v) is 4.17. The first-order valence-corrected chi connectivity index (χ1v) is 7.20. The molecule has 3 heteroatoms. The fourth-order valence-corrected chi connectivity index (χ4v) is 3.22. The highest BCUT2D eigenvalue weighted by Crippen LogP contribution is 2.34. The average molecular weight is 273 g/mol. The van der Waals surface area contributed by atoms with Crippen molar-refractivity contribution in [2.75, 3.05) is 6.54 Å². The van der Waals surface area contributed by atoms with Gasteiger partial charge in [0.05, 0.1) is 11.6 Å². The molecular weight excluding hydrogens is 258 g/mol. The zero-order valence-electron chi connectivity index (χ0n) is 11.6. The summed E-state index contributed by atoms with van der Waals surface area (Å²) in [6.07, 6.45) is 1.05. The Labute approximate surface area is 123 Å². The Morgan fingerprint density at radius 1 is 1.10 bits per heavy atom. The second-order valence-electron chi connectivity index (χ2n) is 5.43. The van der Waals surface area contributed by atoms with Gasteiger partial charge in [0.15, 0.2) is 0 Å². The molecule has 0 amide bonds. The fourth-order valence-electron chi connectivity index (χ4n) is 3.22. The SMILES string of the molecule is N#Cc1cccc(-c2cccc3[nH]c4c(c23)CCNC4)c1. The summed E-state index contributed by atoms with van der Waals surface area (Å²) < 4.78 is 0. The van der Waals surface area contributed by atoms with Crippen molar-refractivity contribution in [1.29, 1.82) is 5.26 Å². The van der Waals surface area contributed by atoms with E-state index in [0.717, 1.165) is 25.1 Å².